The molecule has 0 amide bonds. The smallest absolute Gasteiger partial charge is 0.508 e. The van der Waals surface area contributed by atoms with E-state index in [2.05, 4.69) is 0 Å². The molecule has 0 heterocycles. The van der Waals surface area contributed by atoms with Crippen molar-refractivity contribution in [1.82, 2.24) is 0 Å². The van der Waals surface area contributed by atoms with Gasteiger partial charge < -0.3 is 22.4 Å². The van der Waals surface area contributed by atoms with Crippen LogP contribution in [-0.4, -0.2) is 12.4 Å². The molecule has 0 unspecified atom stereocenters. The van der Waals surface area contributed by atoms with E-state index in [-0.39, 0.29) is 0 Å². The molecular formula is C6H7BF4N2O. The Morgan fingerprint density at radius 3 is 1.43 bits per heavy atom. The summed E-state index contributed by atoms with van der Waals surface area (Å²) in [4.78, 5) is 0. The predicted molar refractivity (Wildman–Crippen MR) is 41.0 cm³/mol. The molecule has 1 rings (SSSR count). The Balaban J connectivity index is 0. The molecule has 0 aromatic heterocycles. The first-order chi connectivity index (χ1) is 6.39. The number of aromatic hydroxyl groups is 1. The van der Waals surface area contributed by atoms with Crippen molar-refractivity contribution in [2.45, 2.75) is 0 Å². The van der Waals surface area contributed by atoms with Gasteiger partial charge in [0.05, 0.1) is 5.39 Å². The molecule has 78 valence electrons. The highest BCUT2D eigenvalue weighted by Gasteiger charge is 2.20. The zero-order valence-electron chi connectivity index (χ0n) is 6.87. The lowest BCUT2D eigenvalue weighted by Crippen LogP contribution is -2.11. The summed E-state index contributed by atoms with van der Waals surface area (Å²) >= 11 is 0. The number of hydrogen-bond donors (Lipinski definition) is 2. The molecule has 0 saturated heterocycles. The van der Waals surface area contributed by atoms with Crippen molar-refractivity contribution in [3.8, 4) is 5.75 Å². The van der Waals surface area contributed by atoms with E-state index in [1.165, 1.54) is 0 Å². The van der Waals surface area contributed by atoms with E-state index in [0.29, 0.717) is 5.75 Å². The van der Waals surface area contributed by atoms with Crippen LogP contribution in [0.2, 0.25) is 0 Å². The van der Waals surface area contributed by atoms with Gasteiger partial charge in [-0.2, -0.15) is 0 Å². The number of phenolic OH excluding ortho intramolecular Hbond substituents is 1. The normalized spacial score (nSPS) is 8.71. The number of rotatable bonds is 0. The third-order valence-electron chi connectivity index (χ3n) is 0.756. The van der Waals surface area contributed by atoms with E-state index >= 15 is 0 Å². The molecule has 0 bridgehead atoms. The Bertz CT molecular complexity index is 245. The zero-order chi connectivity index (χ0) is 11.6. The number of phenols is 1. The van der Waals surface area contributed by atoms with Crippen molar-refractivity contribution in [2.24, 2.45) is 0 Å². The molecule has 0 saturated carbocycles. The van der Waals surface area contributed by atoms with Crippen LogP contribution in [0.1, 0.15) is 0 Å². The third kappa shape index (κ3) is 22.5. The third-order valence-corrected chi connectivity index (χ3v) is 0.756. The van der Waals surface area contributed by atoms with Gasteiger partial charge in [-0.3, -0.25) is 0 Å². The van der Waals surface area contributed by atoms with Crippen LogP contribution in [0, 0.1) is 5.39 Å². The van der Waals surface area contributed by atoms with Gasteiger partial charge in [-0.25, -0.2) is 0 Å². The summed E-state index contributed by atoms with van der Waals surface area (Å²) < 4.78 is 39.0. The summed E-state index contributed by atoms with van der Waals surface area (Å²) in [6.07, 6.45) is 0. The fourth-order valence-corrected chi connectivity index (χ4v) is 0.428. The second-order valence-electron chi connectivity index (χ2n) is 1.83. The number of diazo groups is 1. The first-order valence-corrected chi connectivity index (χ1v) is 3.23. The van der Waals surface area contributed by atoms with Crippen LogP contribution in [0.4, 0.5) is 17.3 Å². The molecule has 0 aliphatic carbocycles. The van der Waals surface area contributed by atoms with Crippen molar-refractivity contribution in [3.05, 3.63) is 30.3 Å². The number of para-hydroxylation sites is 1. The van der Waals surface area contributed by atoms with Crippen molar-refractivity contribution in [1.29, 1.82) is 5.39 Å². The quantitative estimate of drug-likeness (QED) is 0.380. The second kappa shape index (κ2) is 7.85. The van der Waals surface area contributed by atoms with Gasteiger partial charge in [0.2, 0.25) is 5.39 Å². The minimum atomic E-state index is -6.00. The van der Waals surface area contributed by atoms with Crippen molar-refractivity contribution < 1.29 is 27.8 Å². The van der Waals surface area contributed by atoms with Crippen LogP contribution in [0.5, 0.6) is 5.75 Å². The Kier molecular flexibility index (Phi) is 8.26. The lowest BCUT2D eigenvalue weighted by atomic mass is 10.3. The summed E-state index contributed by atoms with van der Waals surface area (Å²) in [5.74, 6) is 0.322. The van der Waals surface area contributed by atoms with E-state index < -0.39 is 7.25 Å². The van der Waals surface area contributed by atoms with Crippen LogP contribution in [0.15, 0.2) is 30.3 Å². The summed E-state index contributed by atoms with van der Waals surface area (Å²) in [7, 11) is -6.00. The minimum Gasteiger partial charge on any atom is -0.508 e. The fourth-order valence-electron chi connectivity index (χ4n) is 0.428. The van der Waals surface area contributed by atoms with E-state index in [1.807, 2.05) is 6.07 Å². The van der Waals surface area contributed by atoms with Gasteiger partial charge in [-0.05, 0) is 12.1 Å². The Morgan fingerprint density at radius 2 is 1.29 bits per heavy atom. The number of benzene rings is 1. The lowest BCUT2D eigenvalue weighted by molar-refractivity contribution is -0.175. The average Bonchev–Trinajstić information content (AvgIpc) is 2.06. The molecule has 1 aromatic rings. The van der Waals surface area contributed by atoms with Crippen molar-refractivity contribution in [2.75, 3.05) is 0 Å². The van der Waals surface area contributed by atoms with Crippen LogP contribution in [-0.2, 0) is 0 Å². The van der Waals surface area contributed by atoms with Gasteiger partial charge in [-0.15, -0.1) is 0 Å². The topological polar surface area (TPSA) is 67.8 Å². The molecule has 1 aromatic carbocycles. The van der Waals surface area contributed by atoms with Crippen molar-refractivity contribution in [3.63, 3.8) is 0 Å². The monoisotopic (exact) mass is 210 g/mol. The molecule has 0 atom stereocenters. The van der Waals surface area contributed by atoms with Gasteiger partial charge in [0.15, 0.2) is 0 Å². The Hall–Kier alpha value is -1.78. The van der Waals surface area contributed by atoms with Gasteiger partial charge in [0.25, 0.3) is 0 Å². The molecule has 0 aliphatic heterocycles. The van der Waals surface area contributed by atoms with Crippen LogP contribution in [0.3, 0.4) is 0 Å². The first-order valence-electron chi connectivity index (χ1n) is 3.23. The van der Waals surface area contributed by atoms with Gasteiger partial charge >= 0.3 is 7.25 Å². The first kappa shape index (κ1) is 14.7. The molecule has 0 radical (unpaired) electrons. The predicted octanol–water partition coefficient (Wildman–Crippen LogP) is 0.971. The minimum absolute atomic E-state index is 0.322. The Morgan fingerprint density at radius 1 is 1.00 bits per heavy atom. The molecular weight excluding hydrogens is 203 g/mol. The average molecular weight is 210 g/mol. The maximum absolute atomic E-state index is 9.75. The van der Waals surface area contributed by atoms with Gasteiger partial charge in [-0.1, -0.05) is 18.2 Å². The lowest BCUT2D eigenvalue weighted by Gasteiger charge is -1.94. The number of nitrogens with zero attached hydrogens (tertiary/aromatic N) is 1. The highest BCUT2D eigenvalue weighted by molar-refractivity contribution is 6.50. The largest absolute Gasteiger partial charge is 0.673 e. The number of halogens is 4. The van der Waals surface area contributed by atoms with Gasteiger partial charge in [0, 0.05) is 0 Å². The highest BCUT2D eigenvalue weighted by Crippen LogP contribution is 2.06. The maximum atomic E-state index is 9.75. The molecule has 0 fully saturated rings. The van der Waals surface area contributed by atoms with Crippen molar-refractivity contribution >= 4 is 7.25 Å². The summed E-state index contributed by atoms with van der Waals surface area (Å²) in [6.45, 7) is 0. The fraction of sp³-hybridized carbons (Fsp3) is 0. The molecule has 0 aliphatic rings. The number of hydrogen-bond acceptors (Lipinski definition) is 2. The van der Waals surface area contributed by atoms with E-state index in [9.17, 15) is 17.3 Å². The maximum Gasteiger partial charge on any atom is 0.673 e. The SMILES string of the molecule is F[B-](F)(F)F.N#[NH+].Oc1ccccc1. The van der Waals surface area contributed by atoms with Crippen LogP contribution in [0.25, 0.3) is 0 Å². The van der Waals surface area contributed by atoms with Crippen LogP contribution >= 0.6 is 0 Å². The Labute approximate surface area is 77.5 Å². The molecule has 2 N–H and O–H groups in total. The summed E-state index contributed by atoms with van der Waals surface area (Å²) in [5.41, 5.74) is 0. The van der Waals surface area contributed by atoms with E-state index in [1.54, 1.807) is 24.3 Å². The van der Waals surface area contributed by atoms with E-state index in [4.69, 9.17) is 15.9 Å². The van der Waals surface area contributed by atoms with Gasteiger partial charge in [0.1, 0.15) is 5.75 Å². The molecule has 8 heteroatoms. The van der Waals surface area contributed by atoms with E-state index in [0.717, 1.165) is 0 Å². The molecule has 3 nitrogen and oxygen atoms in total. The van der Waals surface area contributed by atoms with Crippen LogP contribution < -0.4 is 5.39 Å². The number of nitrogens with one attached hydrogen (secondary N) is 1. The molecule has 14 heavy (non-hydrogen) atoms. The zero-order valence-corrected chi connectivity index (χ0v) is 6.87. The summed E-state index contributed by atoms with van der Waals surface area (Å²) in [6, 6.07) is 8.71. The standard InChI is InChI=1S/C6H6O.BF4.N2/c7-6-4-2-1-3-5-6;2-1(3,4)5;1-2/h1-5,7H;;/q;-1;/p+1. The molecule has 0 spiro atoms. The highest BCUT2D eigenvalue weighted by atomic mass is 19.5. The summed E-state index contributed by atoms with van der Waals surface area (Å²) in [5, 5.41) is 19.6. The second-order valence-corrected chi connectivity index (χ2v) is 1.83.